The van der Waals surface area contributed by atoms with Gasteiger partial charge in [0.05, 0.1) is 16.3 Å². The van der Waals surface area contributed by atoms with Crippen molar-refractivity contribution < 1.29 is 13.2 Å². The van der Waals surface area contributed by atoms with Crippen molar-refractivity contribution in [2.24, 2.45) is 16.5 Å². The third-order valence-corrected chi connectivity index (χ3v) is 4.88. The Morgan fingerprint density at radius 2 is 1.92 bits per heavy atom. The summed E-state index contributed by atoms with van der Waals surface area (Å²) in [5.41, 5.74) is 12.3. The molecule has 0 aliphatic carbocycles. The van der Waals surface area contributed by atoms with Crippen LogP contribution in [0.5, 0.6) is 0 Å². The summed E-state index contributed by atoms with van der Waals surface area (Å²) in [5.74, 6) is -0.405. The zero-order valence-electron chi connectivity index (χ0n) is 14.6. The number of carbonyl (C=O) groups is 1. The number of hydrogen-bond acceptors (Lipinski definition) is 4. The lowest BCUT2D eigenvalue weighted by Gasteiger charge is -2.17. The lowest BCUT2D eigenvalue weighted by Crippen LogP contribution is -2.24. The molecule has 0 aliphatic rings. The van der Waals surface area contributed by atoms with Gasteiger partial charge in [-0.25, -0.2) is 13.4 Å². The summed E-state index contributed by atoms with van der Waals surface area (Å²) in [7, 11) is -3.63. The Labute approximate surface area is 146 Å². The molecule has 1 aromatic carbocycles. The van der Waals surface area contributed by atoms with Gasteiger partial charge in [0, 0.05) is 18.0 Å². The highest BCUT2D eigenvalue weighted by Crippen LogP contribution is 2.29. The van der Waals surface area contributed by atoms with Crippen LogP contribution in [0.4, 0.5) is 0 Å². The number of aryl methyl sites for hydroxylation is 2. The van der Waals surface area contributed by atoms with Crippen LogP contribution in [-0.4, -0.2) is 36.1 Å². The molecule has 0 radical (unpaired) electrons. The van der Waals surface area contributed by atoms with Crippen LogP contribution in [0.2, 0.25) is 0 Å². The molecule has 2 rings (SSSR count). The monoisotopic (exact) mass is 363 g/mol. The number of amides is 1. The van der Waals surface area contributed by atoms with Crippen molar-refractivity contribution in [1.29, 1.82) is 0 Å². The maximum Gasteiger partial charge on any atom is 0.280 e. The molecule has 0 saturated carbocycles. The normalized spacial score (nSPS) is 11.4. The van der Waals surface area contributed by atoms with Crippen molar-refractivity contribution in [3.05, 3.63) is 41.0 Å². The third kappa shape index (κ3) is 3.71. The van der Waals surface area contributed by atoms with Gasteiger partial charge >= 0.3 is 0 Å². The summed E-state index contributed by atoms with van der Waals surface area (Å²) < 4.78 is 26.7. The molecule has 8 nitrogen and oxygen atoms in total. The molecular formula is C16H21N5O3S. The molecule has 4 N–H and O–H groups in total. The van der Waals surface area contributed by atoms with Gasteiger partial charge in [0.15, 0.2) is 15.8 Å². The first-order valence-corrected chi connectivity index (χ1v) is 9.48. The second kappa shape index (κ2) is 6.67. The van der Waals surface area contributed by atoms with Crippen molar-refractivity contribution in [2.45, 2.75) is 32.1 Å². The fraction of sp³-hybridized carbons (Fsp3) is 0.312. The van der Waals surface area contributed by atoms with Crippen LogP contribution in [0, 0.1) is 13.8 Å². The van der Waals surface area contributed by atoms with Gasteiger partial charge in [-0.05, 0) is 38.0 Å². The van der Waals surface area contributed by atoms with E-state index in [-0.39, 0.29) is 16.4 Å². The van der Waals surface area contributed by atoms with Gasteiger partial charge < -0.3 is 16.0 Å². The van der Waals surface area contributed by atoms with E-state index in [1.165, 1.54) is 6.07 Å². The number of aromatic nitrogens is 2. The lowest BCUT2D eigenvalue weighted by atomic mass is 10.0. The Morgan fingerprint density at radius 1 is 1.28 bits per heavy atom. The Bertz CT molecular complexity index is 970. The molecule has 1 aromatic heterocycles. The molecule has 0 spiro atoms. The SMILES string of the molecule is CCc1c(C(=O)N=C(N)N)ccc(-n2cc(C)nc2C)c1S(C)(=O)=O. The number of aliphatic imine (C=N–C) groups is 1. The van der Waals surface area contributed by atoms with Gasteiger partial charge in [-0.3, -0.25) is 4.79 Å². The molecule has 2 aromatic rings. The van der Waals surface area contributed by atoms with E-state index in [0.717, 1.165) is 11.9 Å². The molecule has 0 unspecified atom stereocenters. The minimum atomic E-state index is -3.63. The smallest absolute Gasteiger partial charge is 0.280 e. The van der Waals surface area contributed by atoms with Crippen LogP contribution in [0.1, 0.15) is 34.4 Å². The van der Waals surface area contributed by atoms with Crippen molar-refractivity contribution in [3.8, 4) is 5.69 Å². The highest BCUT2D eigenvalue weighted by Gasteiger charge is 2.25. The molecular weight excluding hydrogens is 342 g/mol. The summed E-state index contributed by atoms with van der Waals surface area (Å²) in [5, 5.41) is 0. The first-order valence-electron chi connectivity index (χ1n) is 7.59. The highest BCUT2D eigenvalue weighted by atomic mass is 32.2. The first kappa shape index (κ1) is 18.7. The van der Waals surface area contributed by atoms with Crippen molar-refractivity contribution >= 4 is 21.7 Å². The fourth-order valence-corrected chi connectivity index (χ4v) is 4.06. The number of carbonyl (C=O) groups excluding carboxylic acids is 1. The Hall–Kier alpha value is -2.68. The minimum absolute atomic E-state index is 0.0761. The molecule has 9 heteroatoms. The van der Waals surface area contributed by atoms with Crippen molar-refractivity contribution in [1.82, 2.24) is 9.55 Å². The van der Waals surface area contributed by atoms with E-state index in [2.05, 4.69) is 9.98 Å². The number of hydrogen-bond donors (Lipinski definition) is 2. The lowest BCUT2D eigenvalue weighted by molar-refractivity contribution is 0.100. The van der Waals surface area contributed by atoms with Crippen molar-refractivity contribution in [3.63, 3.8) is 0 Å². The minimum Gasteiger partial charge on any atom is -0.370 e. The van der Waals surface area contributed by atoms with Crippen LogP contribution in [0.15, 0.2) is 28.2 Å². The number of rotatable bonds is 4. The average molecular weight is 363 g/mol. The van der Waals surface area contributed by atoms with E-state index >= 15 is 0 Å². The maximum atomic E-state index is 12.5. The van der Waals surface area contributed by atoms with Gasteiger partial charge in [0.1, 0.15) is 5.82 Å². The number of imidazole rings is 1. The largest absolute Gasteiger partial charge is 0.370 e. The predicted octanol–water partition coefficient (Wildman–Crippen LogP) is 0.869. The average Bonchev–Trinajstić information content (AvgIpc) is 2.82. The van der Waals surface area contributed by atoms with Crippen LogP contribution in [0.3, 0.4) is 0 Å². The molecule has 0 bridgehead atoms. The van der Waals surface area contributed by atoms with Gasteiger partial charge in [0.2, 0.25) is 0 Å². The van der Waals surface area contributed by atoms with Gasteiger partial charge in [-0.2, -0.15) is 4.99 Å². The summed E-state index contributed by atoms with van der Waals surface area (Å²) in [6.07, 6.45) is 3.18. The quantitative estimate of drug-likeness (QED) is 0.611. The summed E-state index contributed by atoms with van der Waals surface area (Å²) in [6, 6.07) is 3.10. The standard InChI is InChI=1S/C16H21N5O3S/c1-5-11-12(15(22)20-16(17)18)6-7-13(14(11)25(4,23)24)21-8-9(2)19-10(21)3/h6-8H,5H2,1-4H3,(H4,17,18,20,22). The molecule has 1 heterocycles. The summed E-state index contributed by atoms with van der Waals surface area (Å²) in [6.45, 7) is 5.37. The maximum absolute atomic E-state index is 12.5. The molecule has 134 valence electrons. The van der Waals surface area contributed by atoms with E-state index in [9.17, 15) is 13.2 Å². The third-order valence-electron chi connectivity index (χ3n) is 3.69. The Morgan fingerprint density at radius 3 is 2.36 bits per heavy atom. The van der Waals surface area contributed by atoms with E-state index in [1.807, 2.05) is 6.92 Å². The molecule has 0 aliphatic heterocycles. The number of nitrogens with two attached hydrogens (primary N) is 2. The summed E-state index contributed by atoms with van der Waals surface area (Å²) in [4.78, 5) is 20.2. The van der Waals surface area contributed by atoms with Crippen LogP contribution in [-0.2, 0) is 16.3 Å². The number of guanidine groups is 1. The number of nitrogens with zero attached hydrogens (tertiary/aromatic N) is 3. The zero-order chi connectivity index (χ0) is 18.9. The van der Waals surface area contributed by atoms with E-state index in [0.29, 0.717) is 23.5 Å². The van der Waals surface area contributed by atoms with Gasteiger partial charge in [-0.15, -0.1) is 0 Å². The summed E-state index contributed by atoms with van der Waals surface area (Å²) >= 11 is 0. The van der Waals surface area contributed by atoms with Crippen LogP contribution in [0.25, 0.3) is 5.69 Å². The second-order valence-electron chi connectivity index (χ2n) is 5.71. The highest BCUT2D eigenvalue weighted by molar-refractivity contribution is 7.90. The van der Waals surface area contributed by atoms with Crippen LogP contribution >= 0.6 is 0 Å². The molecule has 0 saturated heterocycles. The molecule has 25 heavy (non-hydrogen) atoms. The topological polar surface area (TPSA) is 133 Å². The second-order valence-corrected chi connectivity index (χ2v) is 7.66. The zero-order valence-corrected chi connectivity index (χ0v) is 15.4. The van der Waals surface area contributed by atoms with Crippen molar-refractivity contribution in [2.75, 3.05) is 6.26 Å². The predicted molar refractivity (Wildman–Crippen MR) is 95.7 cm³/mol. The van der Waals surface area contributed by atoms with E-state index in [1.54, 1.807) is 30.7 Å². The molecule has 0 fully saturated rings. The number of benzene rings is 1. The molecule has 0 atom stereocenters. The fourth-order valence-electron chi connectivity index (χ4n) is 2.81. The van der Waals surface area contributed by atoms with E-state index < -0.39 is 15.7 Å². The number of sulfone groups is 1. The Balaban J connectivity index is 2.87. The van der Waals surface area contributed by atoms with Crippen LogP contribution < -0.4 is 11.5 Å². The molecule has 1 amide bonds. The van der Waals surface area contributed by atoms with Gasteiger partial charge in [0.25, 0.3) is 5.91 Å². The first-order chi connectivity index (χ1) is 11.6. The van der Waals surface area contributed by atoms with Gasteiger partial charge in [-0.1, -0.05) is 6.92 Å². The Kier molecular flexibility index (Phi) is 4.98. The van der Waals surface area contributed by atoms with E-state index in [4.69, 9.17) is 11.5 Å².